The lowest BCUT2D eigenvalue weighted by atomic mass is 9.89. The number of carbonyl (C=O) groups excluding carboxylic acids is 1. The van der Waals surface area contributed by atoms with E-state index in [1.54, 1.807) is 0 Å². The fraction of sp³-hybridized carbons (Fsp3) is 0.786. The minimum absolute atomic E-state index is 0.0835. The van der Waals surface area contributed by atoms with E-state index in [-0.39, 0.29) is 24.2 Å². The number of hydrogen-bond donors (Lipinski definition) is 0. The van der Waals surface area contributed by atoms with Gasteiger partial charge in [-0.25, -0.2) is 0 Å². The van der Waals surface area contributed by atoms with Gasteiger partial charge in [-0.1, -0.05) is 39.8 Å². The quantitative estimate of drug-likeness (QED) is 0.793. The molecule has 0 aliphatic rings. The van der Waals surface area contributed by atoms with Gasteiger partial charge in [0.15, 0.2) is 0 Å². The molecule has 1 rings (SSSR count). The third kappa shape index (κ3) is 4.42. The minimum Gasteiger partial charge on any atom is -0.370 e. The Hall–Kier alpha value is -1.23. The van der Waals surface area contributed by atoms with Crippen LogP contribution in [0.2, 0.25) is 0 Å². The van der Waals surface area contributed by atoms with E-state index in [0.717, 1.165) is 0 Å². The number of rotatable bonds is 6. The highest BCUT2D eigenvalue weighted by Crippen LogP contribution is 2.24. The van der Waals surface area contributed by atoms with E-state index in [4.69, 9.17) is 9.26 Å². The molecule has 1 unspecified atom stereocenters. The number of ether oxygens (including phenoxy) is 1. The number of aromatic nitrogens is 2. The first kappa shape index (κ1) is 15.8. The van der Waals surface area contributed by atoms with Gasteiger partial charge in [-0.3, -0.25) is 4.79 Å². The maximum absolute atomic E-state index is 11.9. The van der Waals surface area contributed by atoms with Crippen LogP contribution < -0.4 is 0 Å². The molecule has 0 saturated carbocycles. The van der Waals surface area contributed by atoms with Crippen molar-refractivity contribution < 1.29 is 14.1 Å². The monoisotopic (exact) mass is 268 g/mol. The Morgan fingerprint density at radius 2 is 2.00 bits per heavy atom. The Morgan fingerprint density at radius 3 is 2.47 bits per heavy atom. The predicted octanol–water partition coefficient (Wildman–Crippen LogP) is 2.96. The van der Waals surface area contributed by atoms with Crippen LogP contribution in [0.25, 0.3) is 0 Å². The molecule has 19 heavy (non-hydrogen) atoms. The van der Waals surface area contributed by atoms with E-state index in [0.29, 0.717) is 18.3 Å². The molecule has 0 bridgehead atoms. The molecule has 108 valence electrons. The van der Waals surface area contributed by atoms with Crippen molar-refractivity contribution in [3.05, 3.63) is 11.7 Å². The number of ketones is 1. The van der Waals surface area contributed by atoms with E-state index < -0.39 is 5.41 Å². The van der Waals surface area contributed by atoms with Gasteiger partial charge in [0.25, 0.3) is 0 Å². The van der Waals surface area contributed by atoms with Gasteiger partial charge >= 0.3 is 0 Å². The van der Waals surface area contributed by atoms with Crippen molar-refractivity contribution >= 4 is 5.78 Å². The molecular formula is C14H24N2O3. The van der Waals surface area contributed by atoms with Crippen LogP contribution in [0.4, 0.5) is 0 Å². The van der Waals surface area contributed by atoms with Gasteiger partial charge in [0.1, 0.15) is 11.9 Å². The van der Waals surface area contributed by atoms with Crippen LogP contribution in [-0.2, 0) is 16.0 Å². The lowest BCUT2D eigenvalue weighted by molar-refractivity contribution is -0.125. The number of nitrogens with zero attached hydrogens (tertiary/aromatic N) is 2. The van der Waals surface area contributed by atoms with Crippen molar-refractivity contribution in [3.63, 3.8) is 0 Å². The molecular weight excluding hydrogens is 244 g/mol. The zero-order valence-electron chi connectivity index (χ0n) is 12.7. The summed E-state index contributed by atoms with van der Waals surface area (Å²) in [6, 6.07) is 0. The molecule has 0 amide bonds. The second-order valence-corrected chi connectivity index (χ2v) is 6.02. The number of carbonyl (C=O) groups is 1. The van der Waals surface area contributed by atoms with Crippen molar-refractivity contribution in [1.82, 2.24) is 10.1 Å². The second-order valence-electron chi connectivity index (χ2n) is 6.02. The molecule has 5 nitrogen and oxygen atoms in total. The molecule has 0 saturated heterocycles. The molecule has 0 aliphatic heterocycles. The zero-order valence-corrected chi connectivity index (χ0v) is 12.7. The van der Waals surface area contributed by atoms with Crippen molar-refractivity contribution in [2.24, 2.45) is 11.3 Å². The number of hydrogen-bond acceptors (Lipinski definition) is 5. The van der Waals surface area contributed by atoms with Crippen LogP contribution in [-0.4, -0.2) is 22.5 Å². The molecule has 1 atom stereocenters. The van der Waals surface area contributed by atoms with Gasteiger partial charge in [-0.15, -0.1) is 0 Å². The Morgan fingerprint density at radius 1 is 1.37 bits per heavy atom. The molecule has 0 N–H and O–H groups in total. The van der Waals surface area contributed by atoms with Crippen LogP contribution in [0.3, 0.4) is 0 Å². The molecule has 0 spiro atoms. The van der Waals surface area contributed by atoms with E-state index in [1.165, 1.54) is 0 Å². The molecule has 1 heterocycles. The fourth-order valence-corrected chi connectivity index (χ4v) is 1.60. The zero-order chi connectivity index (χ0) is 14.6. The van der Waals surface area contributed by atoms with E-state index >= 15 is 0 Å². The summed E-state index contributed by atoms with van der Waals surface area (Å²) in [6.07, 6.45) is -0.0137. The first-order chi connectivity index (χ1) is 8.75. The van der Waals surface area contributed by atoms with Crippen molar-refractivity contribution in [1.29, 1.82) is 0 Å². The van der Waals surface area contributed by atoms with Gasteiger partial charge in [0.2, 0.25) is 11.7 Å². The van der Waals surface area contributed by atoms with Gasteiger partial charge in [-0.05, 0) is 12.8 Å². The molecule has 1 aromatic heterocycles. The van der Waals surface area contributed by atoms with Crippen LogP contribution in [0.15, 0.2) is 4.52 Å². The second kappa shape index (κ2) is 6.28. The van der Waals surface area contributed by atoms with Crippen molar-refractivity contribution in [3.8, 4) is 0 Å². The Balaban J connectivity index is 2.79. The summed E-state index contributed by atoms with van der Waals surface area (Å²) in [5.74, 6) is 1.22. The third-order valence-corrected chi connectivity index (χ3v) is 2.84. The van der Waals surface area contributed by atoms with Crippen LogP contribution in [0.5, 0.6) is 0 Å². The summed E-state index contributed by atoms with van der Waals surface area (Å²) in [6.45, 7) is 12.2. The molecule has 0 aromatic carbocycles. The summed E-state index contributed by atoms with van der Waals surface area (Å²) in [5.41, 5.74) is -0.397. The lowest BCUT2D eigenvalue weighted by Gasteiger charge is -2.16. The molecule has 1 aromatic rings. The maximum atomic E-state index is 11.9. The topological polar surface area (TPSA) is 65.2 Å². The van der Waals surface area contributed by atoms with E-state index in [9.17, 15) is 4.79 Å². The largest absolute Gasteiger partial charge is 0.370 e. The molecule has 0 aliphatic carbocycles. The summed E-state index contributed by atoms with van der Waals surface area (Å²) in [7, 11) is 0. The third-order valence-electron chi connectivity index (χ3n) is 2.84. The minimum atomic E-state index is -0.397. The summed E-state index contributed by atoms with van der Waals surface area (Å²) in [5, 5.41) is 3.93. The Labute approximate surface area is 114 Å². The first-order valence-electron chi connectivity index (χ1n) is 6.73. The first-order valence-corrected chi connectivity index (χ1v) is 6.73. The van der Waals surface area contributed by atoms with E-state index in [2.05, 4.69) is 10.1 Å². The van der Waals surface area contributed by atoms with Crippen LogP contribution in [0.1, 0.15) is 59.4 Å². The molecule has 5 heteroatoms. The normalized spacial score (nSPS) is 13.8. The SMILES string of the molecule is CCOC(c1noc(CC(=O)C(C)(C)C)n1)C(C)C. The fourth-order valence-electron chi connectivity index (χ4n) is 1.60. The van der Waals surface area contributed by atoms with E-state index in [1.807, 2.05) is 41.5 Å². The molecule has 0 fully saturated rings. The smallest absolute Gasteiger partial charge is 0.234 e. The van der Waals surface area contributed by atoms with Gasteiger partial charge in [-0.2, -0.15) is 4.98 Å². The highest BCUT2D eigenvalue weighted by atomic mass is 16.5. The standard InChI is InChI=1S/C14H24N2O3/c1-7-18-12(9(2)3)13-15-11(19-16-13)8-10(17)14(4,5)6/h9,12H,7-8H2,1-6H3. The van der Waals surface area contributed by atoms with Gasteiger partial charge < -0.3 is 9.26 Å². The van der Waals surface area contributed by atoms with Gasteiger partial charge in [0.05, 0.1) is 6.42 Å². The van der Waals surface area contributed by atoms with Crippen LogP contribution >= 0.6 is 0 Å². The average Bonchev–Trinajstić information content (AvgIpc) is 2.72. The summed E-state index contributed by atoms with van der Waals surface area (Å²) >= 11 is 0. The predicted molar refractivity (Wildman–Crippen MR) is 71.7 cm³/mol. The Kier molecular flexibility index (Phi) is 5.23. The Bertz CT molecular complexity index is 419. The highest BCUT2D eigenvalue weighted by Gasteiger charge is 2.26. The van der Waals surface area contributed by atoms with Crippen LogP contribution in [0, 0.1) is 11.3 Å². The van der Waals surface area contributed by atoms with Crippen molar-refractivity contribution in [2.45, 2.75) is 54.1 Å². The van der Waals surface area contributed by atoms with Crippen molar-refractivity contribution in [2.75, 3.05) is 6.61 Å². The summed E-state index contributed by atoms with van der Waals surface area (Å²) < 4.78 is 10.8. The number of Topliss-reactive ketones (excluding diaryl/α,β-unsaturated/α-hetero) is 1. The molecule has 0 radical (unpaired) electrons. The maximum Gasteiger partial charge on any atom is 0.234 e. The lowest BCUT2D eigenvalue weighted by Crippen LogP contribution is -2.22. The summed E-state index contributed by atoms with van der Waals surface area (Å²) in [4.78, 5) is 16.2. The average molecular weight is 268 g/mol. The highest BCUT2D eigenvalue weighted by molar-refractivity contribution is 5.84. The van der Waals surface area contributed by atoms with Gasteiger partial charge in [0, 0.05) is 12.0 Å².